The minimum absolute atomic E-state index is 0.264. The number of halogens is 2. The Hall–Kier alpha value is -2.28. The molecule has 1 aromatic carbocycles. The average Bonchev–Trinajstić information content (AvgIpc) is 2.66. The molecule has 0 aliphatic carbocycles. The van der Waals surface area contributed by atoms with E-state index in [0.717, 1.165) is 48.6 Å². The third-order valence-electron chi connectivity index (χ3n) is 5.83. The fourth-order valence-electron chi connectivity index (χ4n) is 4.20. The number of nitrogens with zero attached hydrogens (tertiary/aromatic N) is 3. The van der Waals surface area contributed by atoms with E-state index in [2.05, 4.69) is 16.0 Å². The maximum atomic E-state index is 6.66. The number of aryl methyl sites for hydroxylation is 1. The quantitative estimate of drug-likeness (QED) is 0.576. The lowest BCUT2D eigenvalue weighted by Crippen LogP contribution is -2.66. The molecule has 2 aliphatic rings. The zero-order valence-corrected chi connectivity index (χ0v) is 18.5. The summed E-state index contributed by atoms with van der Waals surface area (Å²) in [5.41, 5.74) is 2.45. The number of hydrogen-bond acceptors (Lipinski definition) is 6. The Morgan fingerprint density at radius 3 is 2.27 bits per heavy atom. The topological polar surface area (TPSA) is 56.7 Å². The van der Waals surface area contributed by atoms with Crippen molar-refractivity contribution in [3.8, 4) is 22.8 Å². The van der Waals surface area contributed by atoms with Gasteiger partial charge in [-0.25, -0.2) is 4.98 Å². The summed E-state index contributed by atoms with van der Waals surface area (Å²) in [6, 6.07) is 5.70. The Bertz CT molecular complexity index is 1130. The summed E-state index contributed by atoms with van der Waals surface area (Å²) in [4.78, 5) is 11.8. The monoisotopic (exact) mass is 445 g/mol. The minimum Gasteiger partial charge on any atom is -0.495 e. The molecule has 156 valence electrons. The largest absolute Gasteiger partial charge is 0.495 e. The summed E-state index contributed by atoms with van der Waals surface area (Å²) in [5, 5.41) is 2.83. The van der Waals surface area contributed by atoms with Crippen molar-refractivity contribution in [2.45, 2.75) is 6.92 Å². The molecule has 30 heavy (non-hydrogen) atoms. The van der Waals surface area contributed by atoms with Gasteiger partial charge in [0.25, 0.3) is 0 Å². The molecular weight excluding hydrogens is 425 g/mol. The van der Waals surface area contributed by atoms with Crippen molar-refractivity contribution < 1.29 is 14.2 Å². The van der Waals surface area contributed by atoms with Gasteiger partial charge in [-0.15, -0.1) is 0 Å². The van der Waals surface area contributed by atoms with Crippen molar-refractivity contribution in [1.29, 1.82) is 0 Å². The van der Waals surface area contributed by atoms with E-state index in [9.17, 15) is 0 Å². The van der Waals surface area contributed by atoms with Crippen LogP contribution in [0.2, 0.25) is 10.0 Å². The summed E-state index contributed by atoms with van der Waals surface area (Å²) in [7, 11) is 3.12. The van der Waals surface area contributed by atoms with E-state index >= 15 is 0 Å². The smallest absolute Gasteiger partial charge is 0.141 e. The van der Waals surface area contributed by atoms with Crippen LogP contribution < -0.4 is 14.4 Å². The lowest BCUT2D eigenvalue weighted by molar-refractivity contribution is -0.127. The lowest BCUT2D eigenvalue weighted by Gasteiger charge is -2.55. The van der Waals surface area contributed by atoms with E-state index < -0.39 is 0 Å². The number of aromatic nitrogens is 2. The molecule has 3 aromatic rings. The van der Waals surface area contributed by atoms with Crippen LogP contribution in [0.25, 0.3) is 22.0 Å². The SMILES string of the molecule is COc1cc(OC)c(Cl)c(-c2cc3cnc(C)cc3c(N3CC4(COC4)C3)n2)c1Cl. The van der Waals surface area contributed by atoms with Gasteiger partial charge in [-0.05, 0) is 19.1 Å². The van der Waals surface area contributed by atoms with Gasteiger partial charge >= 0.3 is 0 Å². The second-order valence-corrected chi connectivity index (χ2v) is 8.77. The molecule has 2 aliphatic heterocycles. The van der Waals surface area contributed by atoms with E-state index in [1.165, 1.54) is 0 Å². The van der Waals surface area contributed by atoms with Gasteiger partial charge in [0.1, 0.15) is 17.3 Å². The zero-order chi connectivity index (χ0) is 21.0. The van der Waals surface area contributed by atoms with Crippen LogP contribution >= 0.6 is 23.2 Å². The van der Waals surface area contributed by atoms with Crippen LogP contribution in [-0.4, -0.2) is 50.5 Å². The summed E-state index contributed by atoms with van der Waals surface area (Å²) < 4.78 is 16.3. The third kappa shape index (κ3) is 2.97. The van der Waals surface area contributed by atoms with Gasteiger partial charge in [0.2, 0.25) is 0 Å². The van der Waals surface area contributed by atoms with Gasteiger partial charge in [0.15, 0.2) is 0 Å². The molecular formula is C22H21Cl2N3O3. The highest BCUT2D eigenvalue weighted by Crippen LogP contribution is 2.47. The lowest BCUT2D eigenvalue weighted by atomic mass is 9.78. The van der Waals surface area contributed by atoms with Crippen LogP contribution in [0.5, 0.6) is 11.5 Å². The van der Waals surface area contributed by atoms with Gasteiger partial charge in [-0.3, -0.25) is 4.98 Å². The number of benzene rings is 1. The van der Waals surface area contributed by atoms with Crippen molar-refractivity contribution in [2.75, 3.05) is 45.4 Å². The van der Waals surface area contributed by atoms with E-state index in [1.807, 2.05) is 19.2 Å². The van der Waals surface area contributed by atoms with Gasteiger partial charge < -0.3 is 19.1 Å². The predicted octanol–water partition coefficient (Wildman–Crippen LogP) is 4.77. The minimum atomic E-state index is 0.264. The fraction of sp³-hybridized carbons (Fsp3) is 0.364. The van der Waals surface area contributed by atoms with Crippen molar-refractivity contribution in [1.82, 2.24) is 9.97 Å². The fourth-order valence-corrected chi connectivity index (χ4v) is 4.89. The molecule has 4 heterocycles. The van der Waals surface area contributed by atoms with Crippen molar-refractivity contribution >= 4 is 39.8 Å². The van der Waals surface area contributed by atoms with Crippen LogP contribution in [0.1, 0.15) is 5.69 Å². The normalized spacial score (nSPS) is 17.0. The Balaban J connectivity index is 1.70. The highest BCUT2D eigenvalue weighted by atomic mass is 35.5. The van der Waals surface area contributed by atoms with Gasteiger partial charge in [0.05, 0.1) is 48.6 Å². The molecule has 2 aromatic heterocycles. The van der Waals surface area contributed by atoms with Crippen LogP contribution in [0.15, 0.2) is 24.4 Å². The first-order valence-electron chi connectivity index (χ1n) is 9.65. The first-order chi connectivity index (χ1) is 14.4. The molecule has 0 saturated carbocycles. The molecule has 0 N–H and O–H groups in total. The first kappa shape index (κ1) is 19.7. The molecule has 0 unspecified atom stereocenters. The number of anilines is 1. The second kappa shape index (κ2) is 7.15. The van der Waals surface area contributed by atoms with Crippen molar-refractivity contribution in [3.63, 3.8) is 0 Å². The standard InChI is InChI=1S/C22H21Cl2N3O3/c1-12-4-14-13(7-25-12)5-15(26-21(14)27-8-22(9-27)10-30-11-22)18-19(23)16(28-2)6-17(29-3)20(18)24/h4-7H,8-11H2,1-3H3. The molecule has 6 nitrogen and oxygen atoms in total. The summed E-state index contributed by atoms with van der Waals surface area (Å²) >= 11 is 13.3. The molecule has 1 spiro atoms. The van der Waals surface area contributed by atoms with E-state index in [0.29, 0.717) is 32.8 Å². The van der Waals surface area contributed by atoms with E-state index in [4.69, 9.17) is 42.4 Å². The molecule has 0 atom stereocenters. The Kier molecular flexibility index (Phi) is 4.69. The Morgan fingerprint density at radius 1 is 1.03 bits per heavy atom. The summed E-state index contributed by atoms with van der Waals surface area (Å²) in [6.07, 6.45) is 1.86. The maximum Gasteiger partial charge on any atom is 0.141 e. The molecule has 5 rings (SSSR count). The molecule has 0 radical (unpaired) electrons. The van der Waals surface area contributed by atoms with E-state index in [-0.39, 0.29) is 5.41 Å². The molecule has 0 amide bonds. The van der Waals surface area contributed by atoms with Gasteiger partial charge in [-0.2, -0.15) is 0 Å². The first-order valence-corrected chi connectivity index (χ1v) is 10.4. The van der Waals surface area contributed by atoms with Crippen LogP contribution in [-0.2, 0) is 4.74 Å². The molecule has 0 bridgehead atoms. The average molecular weight is 446 g/mol. The molecule has 2 fully saturated rings. The van der Waals surface area contributed by atoms with Gasteiger partial charge in [0, 0.05) is 47.4 Å². The number of hydrogen-bond donors (Lipinski definition) is 0. The number of pyridine rings is 2. The number of ether oxygens (including phenoxy) is 3. The summed E-state index contributed by atoms with van der Waals surface area (Å²) in [5.74, 6) is 1.86. The maximum absolute atomic E-state index is 6.66. The number of fused-ring (bicyclic) bond motifs is 1. The van der Waals surface area contributed by atoms with Crippen LogP contribution in [0.4, 0.5) is 5.82 Å². The van der Waals surface area contributed by atoms with Crippen LogP contribution in [0.3, 0.4) is 0 Å². The summed E-state index contributed by atoms with van der Waals surface area (Å²) in [6.45, 7) is 5.44. The molecule has 2 saturated heterocycles. The molecule has 8 heteroatoms. The van der Waals surface area contributed by atoms with Crippen molar-refractivity contribution in [3.05, 3.63) is 40.1 Å². The number of rotatable bonds is 4. The third-order valence-corrected chi connectivity index (χ3v) is 6.58. The highest BCUT2D eigenvalue weighted by molar-refractivity contribution is 6.41. The number of methoxy groups -OCH3 is 2. The zero-order valence-electron chi connectivity index (χ0n) is 17.0. The van der Waals surface area contributed by atoms with Crippen molar-refractivity contribution in [2.24, 2.45) is 5.41 Å². The Morgan fingerprint density at radius 2 is 1.70 bits per heavy atom. The predicted molar refractivity (Wildman–Crippen MR) is 118 cm³/mol. The Labute approximate surface area is 184 Å². The van der Waals surface area contributed by atoms with Crippen LogP contribution in [0, 0.1) is 12.3 Å². The highest BCUT2D eigenvalue weighted by Gasteiger charge is 2.49. The second-order valence-electron chi connectivity index (χ2n) is 8.01. The van der Waals surface area contributed by atoms with Gasteiger partial charge in [-0.1, -0.05) is 23.2 Å². The van der Waals surface area contributed by atoms with E-state index in [1.54, 1.807) is 20.3 Å².